The number of rotatable bonds is 6. The Morgan fingerprint density at radius 3 is 2.43 bits per heavy atom. The van der Waals surface area contributed by atoms with Crippen molar-refractivity contribution in [1.29, 1.82) is 0 Å². The van der Waals surface area contributed by atoms with Crippen LogP contribution in [0.25, 0.3) is 5.69 Å². The van der Waals surface area contributed by atoms with Gasteiger partial charge in [-0.15, -0.1) is 0 Å². The highest BCUT2D eigenvalue weighted by molar-refractivity contribution is 6.51. The van der Waals surface area contributed by atoms with Crippen LogP contribution in [-0.4, -0.2) is 21.5 Å². The number of aromatic nitrogens is 2. The van der Waals surface area contributed by atoms with Crippen molar-refractivity contribution in [3.8, 4) is 5.69 Å². The normalized spacial score (nSPS) is 15.3. The van der Waals surface area contributed by atoms with Crippen LogP contribution < -0.4 is 10.2 Å². The van der Waals surface area contributed by atoms with Gasteiger partial charge in [0.2, 0.25) is 0 Å². The molecule has 6 nitrogen and oxygen atoms in total. The molecule has 0 spiro atoms. The summed E-state index contributed by atoms with van der Waals surface area (Å²) in [4.78, 5) is 12.7. The molecule has 0 bridgehead atoms. The van der Waals surface area contributed by atoms with E-state index >= 15 is 0 Å². The largest absolute Gasteiger partial charge is 0.337 e. The molecule has 5 aromatic rings. The zero-order valence-corrected chi connectivity index (χ0v) is 24.4. The second-order valence-electron chi connectivity index (χ2n) is 10.7. The zero-order chi connectivity index (χ0) is 28.6. The number of halogens is 1. The molecule has 2 aliphatic rings. The molecule has 0 saturated heterocycles. The molecule has 0 amide bonds. The van der Waals surface area contributed by atoms with E-state index in [1.807, 2.05) is 59.3 Å². The van der Waals surface area contributed by atoms with E-state index in [1.54, 1.807) is 0 Å². The number of aliphatic imine (C=N–C) groups is 2. The van der Waals surface area contributed by atoms with E-state index in [2.05, 4.69) is 72.6 Å². The summed E-state index contributed by atoms with van der Waals surface area (Å²) in [5.74, 6) is 2.21. The molecule has 0 saturated carbocycles. The van der Waals surface area contributed by atoms with Gasteiger partial charge in [0.05, 0.1) is 28.8 Å². The lowest BCUT2D eigenvalue weighted by Gasteiger charge is -2.40. The van der Waals surface area contributed by atoms with Gasteiger partial charge in [0, 0.05) is 16.3 Å². The highest BCUT2D eigenvalue weighted by Gasteiger charge is 2.41. The van der Waals surface area contributed by atoms with Crippen molar-refractivity contribution in [3.05, 3.63) is 131 Å². The van der Waals surface area contributed by atoms with Gasteiger partial charge in [-0.2, -0.15) is 5.10 Å². The van der Waals surface area contributed by atoms with Crippen molar-refractivity contribution in [1.82, 2.24) is 9.78 Å². The zero-order valence-electron chi connectivity index (χ0n) is 23.6. The van der Waals surface area contributed by atoms with E-state index in [9.17, 15) is 0 Å². The molecule has 0 fully saturated rings. The summed E-state index contributed by atoms with van der Waals surface area (Å²) in [5.41, 5.74) is 8.14. The van der Waals surface area contributed by atoms with Gasteiger partial charge in [0.15, 0.2) is 17.5 Å². The van der Waals surface area contributed by atoms with Crippen LogP contribution in [0.3, 0.4) is 0 Å². The Hall–Kier alpha value is -4.68. The molecule has 208 valence electrons. The topological polar surface area (TPSA) is 57.8 Å². The third-order valence-corrected chi connectivity index (χ3v) is 8.07. The number of amidine groups is 2. The number of aryl methyl sites for hydroxylation is 2. The summed E-state index contributed by atoms with van der Waals surface area (Å²) in [6.07, 6.45) is 3.45. The molecule has 42 heavy (non-hydrogen) atoms. The molecule has 7 rings (SSSR count). The third kappa shape index (κ3) is 4.68. The number of anilines is 2. The standard InChI is InChI=1S/C35H31ClN6/c1-3-4-11-24-18-20-27(21-19-24)37-33-35-39-34-31(23(2)40-42(34)28-14-6-5-7-15-28)32(25-12-10-13-26(36)22-25)41(35)30-17-9-8-16-29(30)38-33/h5-10,12-22,32H,3-4,11H2,1-2H3,(H,37,38)/t32-/m0/s1. The summed E-state index contributed by atoms with van der Waals surface area (Å²) in [7, 11) is 0. The van der Waals surface area contributed by atoms with E-state index in [1.165, 1.54) is 18.4 Å². The van der Waals surface area contributed by atoms with Crippen LogP contribution in [-0.2, 0) is 6.42 Å². The quantitative estimate of drug-likeness (QED) is 0.222. The lowest BCUT2D eigenvalue weighted by molar-refractivity contribution is 0.795. The first-order chi connectivity index (χ1) is 20.6. The fraction of sp³-hybridized carbons (Fsp3) is 0.171. The maximum absolute atomic E-state index is 6.58. The lowest BCUT2D eigenvalue weighted by Crippen LogP contribution is -2.46. The molecule has 4 aromatic carbocycles. The molecule has 1 aromatic heterocycles. The maximum Gasteiger partial charge on any atom is 0.179 e. The number of para-hydroxylation sites is 3. The maximum atomic E-state index is 6.58. The van der Waals surface area contributed by atoms with Gasteiger partial charge >= 0.3 is 0 Å². The number of fused-ring (bicyclic) bond motifs is 4. The summed E-state index contributed by atoms with van der Waals surface area (Å²) in [6.45, 7) is 4.28. The van der Waals surface area contributed by atoms with Crippen LogP contribution in [0, 0.1) is 6.92 Å². The van der Waals surface area contributed by atoms with E-state index in [0.29, 0.717) is 10.9 Å². The number of nitrogens with zero attached hydrogens (tertiary/aromatic N) is 5. The van der Waals surface area contributed by atoms with Gasteiger partial charge in [-0.1, -0.05) is 79.5 Å². The molecule has 1 atom stereocenters. The highest BCUT2D eigenvalue weighted by atomic mass is 35.5. The van der Waals surface area contributed by atoms with Crippen LogP contribution in [0.1, 0.15) is 48.2 Å². The predicted molar refractivity (Wildman–Crippen MR) is 173 cm³/mol. The van der Waals surface area contributed by atoms with Gasteiger partial charge in [0.1, 0.15) is 0 Å². The van der Waals surface area contributed by atoms with Gasteiger partial charge in [-0.25, -0.2) is 14.7 Å². The Bertz CT molecular complexity index is 1820. The van der Waals surface area contributed by atoms with Crippen molar-refractivity contribution in [2.24, 2.45) is 9.98 Å². The van der Waals surface area contributed by atoms with Crippen LogP contribution in [0.5, 0.6) is 0 Å². The van der Waals surface area contributed by atoms with Crippen LogP contribution >= 0.6 is 11.6 Å². The first-order valence-corrected chi connectivity index (χ1v) is 14.8. The minimum absolute atomic E-state index is 0.214. The second-order valence-corrected chi connectivity index (χ2v) is 11.1. The molecule has 0 radical (unpaired) electrons. The molecule has 0 aliphatic carbocycles. The third-order valence-electron chi connectivity index (χ3n) is 7.84. The number of nitrogens with one attached hydrogen (secondary N) is 1. The first kappa shape index (κ1) is 26.2. The number of hydrogen-bond donors (Lipinski definition) is 1. The van der Waals surface area contributed by atoms with Gasteiger partial charge < -0.3 is 10.2 Å². The highest BCUT2D eigenvalue weighted by Crippen LogP contribution is 2.48. The van der Waals surface area contributed by atoms with E-state index in [-0.39, 0.29) is 6.04 Å². The van der Waals surface area contributed by atoms with Gasteiger partial charge in [-0.05, 0) is 79.4 Å². The fourth-order valence-corrected chi connectivity index (χ4v) is 6.01. The minimum atomic E-state index is -0.214. The molecular weight excluding hydrogens is 540 g/mol. The number of benzene rings is 4. The Balaban J connectivity index is 1.42. The summed E-state index contributed by atoms with van der Waals surface area (Å²) in [6, 6.07) is 34.9. The monoisotopic (exact) mass is 570 g/mol. The summed E-state index contributed by atoms with van der Waals surface area (Å²) >= 11 is 6.58. The van der Waals surface area contributed by atoms with Crippen molar-refractivity contribution in [3.63, 3.8) is 0 Å². The Labute approximate surface area is 251 Å². The Morgan fingerprint density at radius 1 is 0.857 bits per heavy atom. The summed E-state index contributed by atoms with van der Waals surface area (Å²) in [5, 5.41) is 9.30. The number of hydrogen-bond acceptors (Lipinski definition) is 5. The van der Waals surface area contributed by atoms with Crippen LogP contribution in [0.15, 0.2) is 113 Å². The molecule has 7 heteroatoms. The average molecular weight is 571 g/mol. The van der Waals surface area contributed by atoms with E-state index < -0.39 is 0 Å². The van der Waals surface area contributed by atoms with E-state index in [4.69, 9.17) is 26.7 Å². The number of unbranched alkanes of at least 4 members (excludes halogenated alkanes) is 1. The van der Waals surface area contributed by atoms with Gasteiger partial charge in [0.25, 0.3) is 0 Å². The smallest absolute Gasteiger partial charge is 0.179 e. The molecule has 0 unspecified atom stereocenters. The fourth-order valence-electron chi connectivity index (χ4n) is 5.81. The van der Waals surface area contributed by atoms with Crippen molar-refractivity contribution >= 4 is 46.2 Å². The molecular formula is C35H31ClN6. The van der Waals surface area contributed by atoms with Crippen LogP contribution in [0.4, 0.5) is 22.9 Å². The Morgan fingerprint density at radius 2 is 1.64 bits per heavy atom. The van der Waals surface area contributed by atoms with Crippen molar-refractivity contribution in [2.75, 3.05) is 10.2 Å². The lowest BCUT2D eigenvalue weighted by atomic mass is 9.93. The van der Waals surface area contributed by atoms with Crippen molar-refractivity contribution in [2.45, 2.75) is 39.2 Å². The minimum Gasteiger partial charge on any atom is -0.337 e. The van der Waals surface area contributed by atoms with Crippen molar-refractivity contribution < 1.29 is 0 Å². The molecule has 2 aliphatic heterocycles. The average Bonchev–Trinajstić information content (AvgIpc) is 3.36. The SMILES string of the molecule is CCCCc1ccc(NC2=Nc3ccccc3N3C2=Nc2c(c(C)nn2-c2ccccc2)[C@@H]3c2cccc(Cl)c2)cc1. The Kier molecular flexibility index (Phi) is 6.84. The molecule has 1 N–H and O–H groups in total. The van der Waals surface area contributed by atoms with E-state index in [0.717, 1.165) is 57.6 Å². The predicted octanol–water partition coefficient (Wildman–Crippen LogP) is 8.97. The first-order valence-electron chi connectivity index (χ1n) is 14.4. The summed E-state index contributed by atoms with van der Waals surface area (Å²) < 4.78 is 1.94. The van der Waals surface area contributed by atoms with Gasteiger partial charge in [-0.3, -0.25) is 0 Å². The van der Waals surface area contributed by atoms with Crippen LogP contribution in [0.2, 0.25) is 5.02 Å². The molecule has 3 heterocycles. The second kappa shape index (κ2) is 11.0.